The van der Waals surface area contributed by atoms with E-state index in [1.807, 2.05) is 100 Å². The lowest BCUT2D eigenvalue weighted by Gasteiger charge is -2.30. The van der Waals surface area contributed by atoms with Gasteiger partial charge >= 0.3 is 0 Å². The molecule has 5 rings (SSSR count). The number of nitrogens with zero attached hydrogens (tertiary/aromatic N) is 2. The minimum atomic E-state index is -0.506. The van der Waals surface area contributed by atoms with Crippen molar-refractivity contribution < 1.29 is 14.3 Å². The Morgan fingerprint density at radius 1 is 0.925 bits per heavy atom. The molecule has 202 valence electrons. The Morgan fingerprint density at radius 2 is 1.62 bits per heavy atom. The van der Waals surface area contributed by atoms with Crippen LogP contribution in [0.15, 0.2) is 82.8 Å². The van der Waals surface area contributed by atoms with Gasteiger partial charge in [-0.25, -0.2) is 0 Å². The monoisotopic (exact) mass is 613 g/mol. The number of ether oxygens (including phenoxy) is 1. The smallest absolute Gasteiger partial charge is 0.270 e. The Hall–Kier alpha value is -4.01. The molecule has 0 bridgehead atoms. The topological polar surface area (TPSA) is 63.6 Å². The second kappa shape index (κ2) is 11.2. The van der Waals surface area contributed by atoms with E-state index in [9.17, 15) is 9.59 Å². The molecule has 3 aromatic carbocycles. The van der Waals surface area contributed by atoms with E-state index in [2.05, 4.69) is 25.8 Å². The molecule has 1 fully saturated rings. The number of benzene rings is 3. The van der Waals surface area contributed by atoms with Crippen molar-refractivity contribution in [3.05, 3.63) is 116 Å². The first kappa shape index (κ1) is 27.6. The van der Waals surface area contributed by atoms with Gasteiger partial charge in [-0.1, -0.05) is 40.2 Å². The number of thiocarbonyl (C=S) groups is 1. The molecule has 4 aromatic rings. The molecular weight excluding hydrogens is 586 g/mol. The molecule has 1 saturated heterocycles. The third-order valence-corrected chi connectivity index (χ3v) is 7.70. The molecule has 0 unspecified atom stereocenters. The third kappa shape index (κ3) is 5.50. The zero-order valence-corrected chi connectivity index (χ0v) is 25.0. The van der Waals surface area contributed by atoms with Gasteiger partial charge in [0.05, 0.1) is 5.69 Å². The minimum absolute atomic E-state index is 0.0337. The van der Waals surface area contributed by atoms with Gasteiger partial charge < -0.3 is 9.30 Å². The summed E-state index contributed by atoms with van der Waals surface area (Å²) in [6.45, 7) is 8.30. The molecule has 2 amide bonds. The van der Waals surface area contributed by atoms with Crippen molar-refractivity contribution in [1.29, 1.82) is 0 Å². The quantitative estimate of drug-likeness (QED) is 0.146. The number of hydrogen-bond acceptors (Lipinski definition) is 4. The van der Waals surface area contributed by atoms with Crippen LogP contribution in [0, 0.1) is 27.7 Å². The summed E-state index contributed by atoms with van der Waals surface area (Å²) in [4.78, 5) is 27.9. The zero-order chi connectivity index (χ0) is 28.6. The molecule has 2 heterocycles. The number of aryl methyl sites for hydroxylation is 3. The van der Waals surface area contributed by atoms with E-state index in [1.54, 1.807) is 6.08 Å². The number of carbonyl (C=O) groups excluding carboxylic acids is 2. The van der Waals surface area contributed by atoms with Crippen molar-refractivity contribution in [3.8, 4) is 11.4 Å². The lowest BCUT2D eigenvalue weighted by atomic mass is 10.0. The summed E-state index contributed by atoms with van der Waals surface area (Å²) in [5, 5.41) is 2.76. The van der Waals surface area contributed by atoms with Crippen LogP contribution in [-0.4, -0.2) is 21.5 Å². The number of rotatable bonds is 6. The number of hydrogen-bond donors (Lipinski definition) is 1. The van der Waals surface area contributed by atoms with Crippen molar-refractivity contribution in [2.75, 3.05) is 4.90 Å². The van der Waals surface area contributed by atoms with E-state index in [-0.39, 0.29) is 10.7 Å². The Balaban J connectivity index is 1.41. The van der Waals surface area contributed by atoms with Gasteiger partial charge in [-0.05, 0) is 117 Å². The van der Waals surface area contributed by atoms with E-state index in [1.165, 1.54) is 4.90 Å². The molecule has 0 spiro atoms. The highest BCUT2D eigenvalue weighted by Crippen LogP contribution is 2.29. The Kier molecular flexibility index (Phi) is 7.74. The van der Waals surface area contributed by atoms with Crippen LogP contribution >= 0.6 is 28.1 Å². The molecule has 6 nitrogen and oxygen atoms in total. The Bertz CT molecular complexity index is 1670. The average Bonchev–Trinajstić information content (AvgIpc) is 3.20. The zero-order valence-electron chi connectivity index (χ0n) is 22.6. The molecular formula is C32H28BrN3O3S. The maximum Gasteiger partial charge on any atom is 0.270 e. The van der Waals surface area contributed by atoms with Crippen LogP contribution in [0.2, 0.25) is 0 Å². The number of aromatic nitrogens is 1. The van der Waals surface area contributed by atoms with Gasteiger partial charge in [0, 0.05) is 21.5 Å². The van der Waals surface area contributed by atoms with Gasteiger partial charge in [-0.2, -0.15) is 0 Å². The first-order valence-electron chi connectivity index (χ1n) is 12.8. The molecule has 1 aliphatic heterocycles. The van der Waals surface area contributed by atoms with Gasteiger partial charge in [0.2, 0.25) is 0 Å². The summed E-state index contributed by atoms with van der Waals surface area (Å²) >= 11 is 8.84. The van der Waals surface area contributed by atoms with Crippen molar-refractivity contribution in [2.24, 2.45) is 0 Å². The van der Waals surface area contributed by atoms with E-state index in [0.29, 0.717) is 12.3 Å². The summed E-state index contributed by atoms with van der Waals surface area (Å²) in [5.74, 6) is -0.184. The fraction of sp³-hybridized carbons (Fsp3) is 0.156. The third-order valence-electron chi connectivity index (χ3n) is 6.89. The lowest BCUT2D eigenvalue weighted by molar-refractivity contribution is -0.122. The van der Waals surface area contributed by atoms with Crippen LogP contribution < -0.4 is 15.0 Å². The summed E-state index contributed by atoms with van der Waals surface area (Å²) in [6, 6.07) is 23.7. The SMILES string of the molecule is Cc1ccc(C)c(N2C(=O)/C(=C/c3cc(C)n(-c4ccc(OCc5ccc(Br)cc5)cc4)c3C)C(=O)NC2=S)c1. The second-order valence-electron chi connectivity index (χ2n) is 9.82. The van der Waals surface area contributed by atoms with E-state index in [0.717, 1.165) is 49.6 Å². The van der Waals surface area contributed by atoms with Crippen LogP contribution in [0.5, 0.6) is 5.75 Å². The van der Waals surface area contributed by atoms with Gasteiger partial charge in [0.1, 0.15) is 17.9 Å². The van der Waals surface area contributed by atoms with Crippen LogP contribution in [0.4, 0.5) is 5.69 Å². The minimum Gasteiger partial charge on any atom is -0.489 e. The normalized spacial score (nSPS) is 14.6. The van der Waals surface area contributed by atoms with Crippen LogP contribution in [0.1, 0.15) is 33.6 Å². The second-order valence-corrected chi connectivity index (χ2v) is 11.1. The first-order valence-corrected chi connectivity index (χ1v) is 14.0. The van der Waals surface area contributed by atoms with Crippen molar-refractivity contribution in [2.45, 2.75) is 34.3 Å². The van der Waals surface area contributed by atoms with E-state index in [4.69, 9.17) is 17.0 Å². The largest absolute Gasteiger partial charge is 0.489 e. The maximum absolute atomic E-state index is 13.6. The van der Waals surface area contributed by atoms with Gasteiger partial charge in [-0.3, -0.25) is 19.8 Å². The number of anilines is 1. The molecule has 1 aliphatic rings. The standard InChI is InChI=1S/C32H28BrN3O3S/c1-19-5-6-20(2)29(15-19)36-31(38)28(30(37)34-32(36)40)17-24-16-21(3)35(22(24)4)26-11-13-27(14-12-26)39-18-23-7-9-25(33)10-8-23/h5-17H,18H2,1-4H3,(H,34,37,40)/b28-17+. The van der Waals surface area contributed by atoms with Crippen LogP contribution in [-0.2, 0) is 16.2 Å². The Labute approximate surface area is 247 Å². The molecule has 1 N–H and O–H groups in total. The highest BCUT2D eigenvalue weighted by atomic mass is 79.9. The van der Waals surface area contributed by atoms with E-state index >= 15 is 0 Å². The molecule has 0 atom stereocenters. The number of halogens is 1. The Morgan fingerprint density at radius 3 is 2.33 bits per heavy atom. The summed E-state index contributed by atoms with van der Waals surface area (Å²) in [7, 11) is 0. The van der Waals surface area contributed by atoms with Crippen molar-refractivity contribution in [3.63, 3.8) is 0 Å². The lowest BCUT2D eigenvalue weighted by Crippen LogP contribution is -2.54. The predicted octanol–water partition coefficient (Wildman–Crippen LogP) is 6.88. The summed E-state index contributed by atoms with van der Waals surface area (Å²) in [6.07, 6.45) is 1.64. The van der Waals surface area contributed by atoms with Crippen LogP contribution in [0.3, 0.4) is 0 Å². The number of nitrogens with one attached hydrogen (secondary N) is 1. The molecule has 0 aliphatic carbocycles. The fourth-order valence-corrected chi connectivity index (χ4v) is 5.30. The van der Waals surface area contributed by atoms with Gasteiger partial charge in [0.25, 0.3) is 11.8 Å². The van der Waals surface area contributed by atoms with Crippen molar-refractivity contribution >= 4 is 56.8 Å². The highest BCUT2D eigenvalue weighted by Gasteiger charge is 2.35. The predicted molar refractivity (Wildman–Crippen MR) is 166 cm³/mol. The maximum atomic E-state index is 13.6. The van der Waals surface area contributed by atoms with Gasteiger partial charge in [-0.15, -0.1) is 0 Å². The molecule has 0 radical (unpaired) electrons. The number of carbonyl (C=O) groups is 2. The first-order chi connectivity index (χ1) is 19.1. The van der Waals surface area contributed by atoms with Crippen molar-refractivity contribution in [1.82, 2.24) is 9.88 Å². The van der Waals surface area contributed by atoms with Gasteiger partial charge in [0.15, 0.2) is 5.11 Å². The fourth-order valence-electron chi connectivity index (χ4n) is 4.76. The molecule has 0 saturated carbocycles. The van der Waals surface area contributed by atoms with E-state index < -0.39 is 11.8 Å². The average molecular weight is 615 g/mol. The molecule has 1 aromatic heterocycles. The summed E-state index contributed by atoms with van der Waals surface area (Å²) < 4.78 is 9.07. The summed E-state index contributed by atoms with van der Waals surface area (Å²) in [5.41, 5.74) is 7.26. The number of amides is 2. The molecule has 40 heavy (non-hydrogen) atoms. The highest BCUT2D eigenvalue weighted by molar-refractivity contribution is 9.10. The van der Waals surface area contributed by atoms with Crippen LogP contribution in [0.25, 0.3) is 11.8 Å². The molecule has 8 heteroatoms.